The highest BCUT2D eigenvalue weighted by atomic mass is 79.9. The normalized spacial score (nSPS) is 11.6. The SMILES string of the molecule is Brc1cc(-c2c3ccccc3c(Br)c3sc4ccccc4c23)cc(Br)c1OCc1nn[nH]n1. The van der Waals surface area contributed by atoms with Crippen LogP contribution >= 0.6 is 59.1 Å². The summed E-state index contributed by atoms with van der Waals surface area (Å²) in [6.45, 7) is 0.216. The van der Waals surface area contributed by atoms with Crippen LogP contribution in [0.1, 0.15) is 5.82 Å². The van der Waals surface area contributed by atoms with Crippen LogP contribution in [0.2, 0.25) is 0 Å². The minimum Gasteiger partial charge on any atom is -0.483 e. The van der Waals surface area contributed by atoms with E-state index < -0.39 is 0 Å². The molecule has 2 aromatic heterocycles. The van der Waals surface area contributed by atoms with Crippen LogP contribution < -0.4 is 4.74 Å². The third-order valence-corrected chi connectivity index (χ3v) is 8.95. The fourth-order valence-corrected chi connectivity index (χ4v) is 7.48. The van der Waals surface area contributed by atoms with Gasteiger partial charge in [-0.05, 0) is 87.9 Å². The number of ether oxygens (including phenoxy) is 1. The van der Waals surface area contributed by atoms with Gasteiger partial charge in [0.2, 0.25) is 5.82 Å². The number of thiophene rings is 1. The van der Waals surface area contributed by atoms with Gasteiger partial charge < -0.3 is 4.74 Å². The summed E-state index contributed by atoms with van der Waals surface area (Å²) in [7, 11) is 0. The number of benzene rings is 4. The molecule has 0 aliphatic rings. The Labute approximate surface area is 217 Å². The second kappa shape index (κ2) is 8.47. The molecule has 0 bridgehead atoms. The Balaban J connectivity index is 1.61. The van der Waals surface area contributed by atoms with Gasteiger partial charge in [0.25, 0.3) is 0 Å². The molecule has 0 radical (unpaired) electrons. The van der Waals surface area contributed by atoms with E-state index in [9.17, 15) is 0 Å². The number of tetrazole rings is 1. The van der Waals surface area contributed by atoms with Crippen LogP contribution in [-0.4, -0.2) is 20.6 Å². The Morgan fingerprint density at radius 2 is 1.58 bits per heavy atom. The lowest BCUT2D eigenvalue weighted by Gasteiger charge is -2.15. The van der Waals surface area contributed by atoms with E-state index in [1.807, 2.05) is 11.3 Å². The summed E-state index contributed by atoms with van der Waals surface area (Å²) in [5.41, 5.74) is 2.30. The number of aromatic amines is 1. The zero-order valence-electron chi connectivity index (χ0n) is 16.8. The largest absolute Gasteiger partial charge is 0.483 e. The zero-order valence-corrected chi connectivity index (χ0v) is 22.3. The summed E-state index contributed by atoms with van der Waals surface area (Å²) in [4.78, 5) is 0. The Bertz CT molecular complexity index is 1640. The van der Waals surface area contributed by atoms with Crippen LogP contribution in [0.4, 0.5) is 0 Å². The van der Waals surface area contributed by atoms with Crippen molar-refractivity contribution in [3.63, 3.8) is 0 Å². The minimum atomic E-state index is 0.216. The van der Waals surface area contributed by atoms with Crippen molar-refractivity contribution in [1.29, 1.82) is 0 Å². The van der Waals surface area contributed by atoms with E-state index in [0.29, 0.717) is 11.6 Å². The van der Waals surface area contributed by atoms with E-state index in [1.54, 1.807) is 0 Å². The van der Waals surface area contributed by atoms with Gasteiger partial charge in [-0.1, -0.05) is 47.7 Å². The van der Waals surface area contributed by atoms with E-state index in [1.165, 1.54) is 36.5 Å². The predicted molar refractivity (Wildman–Crippen MR) is 144 cm³/mol. The number of nitrogens with one attached hydrogen (secondary N) is 1. The molecule has 6 rings (SSSR count). The van der Waals surface area contributed by atoms with Gasteiger partial charge in [-0.15, -0.1) is 21.5 Å². The molecular formula is C24H13Br3N4OS. The maximum atomic E-state index is 5.97. The third kappa shape index (κ3) is 3.58. The first-order valence-corrected chi connectivity index (χ1v) is 13.2. The van der Waals surface area contributed by atoms with Crippen LogP contribution in [0.3, 0.4) is 0 Å². The average Bonchev–Trinajstić information content (AvgIpc) is 3.47. The topological polar surface area (TPSA) is 63.7 Å². The average molecular weight is 645 g/mol. The molecule has 9 heteroatoms. The molecule has 2 heterocycles. The fourth-order valence-electron chi connectivity index (χ4n) is 4.12. The van der Waals surface area contributed by atoms with Crippen molar-refractivity contribution in [2.75, 3.05) is 0 Å². The summed E-state index contributed by atoms with van der Waals surface area (Å²) >= 11 is 13.1. The molecule has 0 saturated carbocycles. The van der Waals surface area contributed by atoms with Gasteiger partial charge in [0.1, 0.15) is 5.75 Å². The Morgan fingerprint density at radius 3 is 2.30 bits per heavy atom. The first-order valence-electron chi connectivity index (χ1n) is 9.98. The standard InChI is InChI=1S/C24H13Br3N4OS/c25-16-9-12(10-17(26)23(16)32-11-19-28-30-31-29-19)20-13-5-1-2-6-14(13)22(27)24-21(20)15-7-3-4-8-18(15)33-24/h1-10H,11H2,(H,28,29,30,31). The minimum absolute atomic E-state index is 0.216. The van der Waals surface area contributed by atoms with Gasteiger partial charge in [-0.2, -0.15) is 5.21 Å². The number of hydrogen-bond donors (Lipinski definition) is 1. The number of aromatic nitrogens is 4. The molecule has 1 N–H and O–H groups in total. The van der Waals surface area contributed by atoms with E-state index in [4.69, 9.17) is 4.74 Å². The van der Waals surface area contributed by atoms with Crippen molar-refractivity contribution < 1.29 is 4.74 Å². The molecule has 0 amide bonds. The van der Waals surface area contributed by atoms with Gasteiger partial charge in [0.05, 0.1) is 13.6 Å². The Hall–Kier alpha value is -2.33. The van der Waals surface area contributed by atoms with E-state index >= 15 is 0 Å². The van der Waals surface area contributed by atoms with Crippen LogP contribution in [0.25, 0.3) is 42.1 Å². The molecule has 4 aromatic carbocycles. The van der Waals surface area contributed by atoms with Crippen molar-refractivity contribution in [3.8, 4) is 16.9 Å². The molecule has 33 heavy (non-hydrogen) atoms. The number of hydrogen-bond acceptors (Lipinski definition) is 5. The van der Waals surface area contributed by atoms with Gasteiger partial charge in [0, 0.05) is 19.9 Å². The molecule has 162 valence electrons. The maximum Gasteiger partial charge on any atom is 0.211 e. The van der Waals surface area contributed by atoms with E-state index in [0.717, 1.165) is 19.0 Å². The molecule has 0 aliphatic heterocycles. The van der Waals surface area contributed by atoms with Crippen molar-refractivity contribution in [2.45, 2.75) is 6.61 Å². The summed E-state index contributed by atoms with van der Waals surface area (Å²) < 4.78 is 11.3. The van der Waals surface area contributed by atoms with E-state index in [2.05, 4.69) is 129 Å². The highest BCUT2D eigenvalue weighted by molar-refractivity contribution is 9.11. The number of halogens is 3. The molecular weight excluding hydrogens is 632 g/mol. The lowest BCUT2D eigenvalue weighted by molar-refractivity contribution is 0.292. The van der Waals surface area contributed by atoms with Crippen LogP contribution in [-0.2, 0) is 6.61 Å². The first-order chi connectivity index (χ1) is 16.1. The second-order valence-corrected chi connectivity index (χ2v) is 11.0. The van der Waals surface area contributed by atoms with Crippen molar-refractivity contribution >= 4 is 90.1 Å². The smallest absolute Gasteiger partial charge is 0.211 e. The Kier molecular flexibility index (Phi) is 5.44. The van der Waals surface area contributed by atoms with Crippen molar-refractivity contribution in [1.82, 2.24) is 20.6 Å². The van der Waals surface area contributed by atoms with Crippen LogP contribution in [0, 0.1) is 0 Å². The van der Waals surface area contributed by atoms with Gasteiger partial charge in [-0.3, -0.25) is 0 Å². The predicted octanol–water partition coefficient (Wildman–Crippen LogP) is 8.25. The van der Waals surface area contributed by atoms with Crippen LogP contribution in [0.5, 0.6) is 5.75 Å². The van der Waals surface area contributed by atoms with Gasteiger partial charge in [0.15, 0.2) is 6.61 Å². The number of nitrogens with zero attached hydrogens (tertiary/aromatic N) is 3. The van der Waals surface area contributed by atoms with Crippen molar-refractivity contribution in [3.05, 3.63) is 79.9 Å². The molecule has 0 spiro atoms. The number of fused-ring (bicyclic) bond motifs is 4. The molecule has 5 nitrogen and oxygen atoms in total. The van der Waals surface area contributed by atoms with E-state index in [-0.39, 0.29) is 6.61 Å². The molecule has 0 atom stereocenters. The monoisotopic (exact) mass is 642 g/mol. The Morgan fingerprint density at radius 1 is 0.879 bits per heavy atom. The number of rotatable bonds is 4. The molecule has 0 saturated heterocycles. The first kappa shape index (κ1) is 21.2. The summed E-state index contributed by atoms with van der Waals surface area (Å²) in [5, 5.41) is 18.8. The van der Waals surface area contributed by atoms with Gasteiger partial charge >= 0.3 is 0 Å². The summed E-state index contributed by atoms with van der Waals surface area (Å²) in [5.74, 6) is 1.18. The lowest BCUT2D eigenvalue weighted by Crippen LogP contribution is -1.99. The number of H-pyrrole nitrogens is 1. The zero-order chi connectivity index (χ0) is 22.5. The van der Waals surface area contributed by atoms with Gasteiger partial charge in [-0.25, -0.2) is 0 Å². The van der Waals surface area contributed by atoms with Crippen LogP contribution in [0.15, 0.2) is 74.1 Å². The quantitative estimate of drug-likeness (QED) is 0.210. The highest BCUT2D eigenvalue weighted by Gasteiger charge is 2.20. The lowest BCUT2D eigenvalue weighted by atomic mass is 9.93. The summed E-state index contributed by atoms with van der Waals surface area (Å²) in [6, 6.07) is 21.3. The highest BCUT2D eigenvalue weighted by Crippen LogP contribution is 2.49. The molecule has 0 fully saturated rings. The molecule has 6 aromatic rings. The molecule has 0 aliphatic carbocycles. The molecule has 0 unspecified atom stereocenters. The second-order valence-electron chi connectivity index (χ2n) is 7.42. The maximum absolute atomic E-state index is 5.97. The van der Waals surface area contributed by atoms with Crippen molar-refractivity contribution in [2.24, 2.45) is 0 Å². The third-order valence-electron chi connectivity index (χ3n) is 5.50. The summed E-state index contributed by atoms with van der Waals surface area (Å²) in [6.07, 6.45) is 0. The fraction of sp³-hybridized carbons (Fsp3) is 0.0417.